The highest BCUT2D eigenvalue weighted by Gasteiger charge is 2.13. The number of nitrogens with one attached hydrogen (secondary N) is 1. The Labute approximate surface area is 180 Å². The van der Waals surface area contributed by atoms with E-state index in [1.54, 1.807) is 36.4 Å². The molecule has 0 saturated carbocycles. The molecule has 1 amide bonds. The summed E-state index contributed by atoms with van der Waals surface area (Å²) in [5, 5.41) is 3.30. The number of carbonyl (C=O) groups is 1. The van der Waals surface area contributed by atoms with Crippen LogP contribution in [0.1, 0.15) is 38.7 Å². The summed E-state index contributed by atoms with van der Waals surface area (Å²) in [5.74, 6) is -0.0151. The molecule has 1 heterocycles. The first-order chi connectivity index (χ1) is 14.9. The first-order valence-electron chi connectivity index (χ1n) is 10.6. The van der Waals surface area contributed by atoms with Gasteiger partial charge in [0, 0.05) is 19.5 Å². The highest BCUT2D eigenvalue weighted by Crippen LogP contribution is 2.11. The van der Waals surface area contributed by atoms with Crippen molar-refractivity contribution in [3.63, 3.8) is 0 Å². The van der Waals surface area contributed by atoms with E-state index in [0.717, 1.165) is 0 Å². The molecule has 0 aliphatic rings. The summed E-state index contributed by atoms with van der Waals surface area (Å²) in [6, 6.07) is 13.0. The van der Waals surface area contributed by atoms with Crippen LogP contribution in [0.3, 0.4) is 0 Å². The molecular formula is C24H28FN3O3. The third kappa shape index (κ3) is 5.69. The van der Waals surface area contributed by atoms with Gasteiger partial charge in [-0.15, -0.1) is 0 Å². The summed E-state index contributed by atoms with van der Waals surface area (Å²) >= 11 is 0. The van der Waals surface area contributed by atoms with Crippen LogP contribution in [0.5, 0.6) is 0 Å². The Bertz CT molecular complexity index is 1180. The minimum atomic E-state index is -0.433. The maximum absolute atomic E-state index is 13.6. The van der Waals surface area contributed by atoms with Crippen molar-refractivity contribution in [2.75, 3.05) is 6.54 Å². The Hall–Kier alpha value is -3.22. The molecule has 0 bridgehead atoms. The zero-order chi connectivity index (χ0) is 22.4. The molecule has 2 aromatic carbocycles. The van der Waals surface area contributed by atoms with Crippen molar-refractivity contribution in [2.24, 2.45) is 5.92 Å². The van der Waals surface area contributed by atoms with Crippen LogP contribution >= 0.6 is 0 Å². The molecule has 7 heteroatoms. The summed E-state index contributed by atoms with van der Waals surface area (Å²) < 4.78 is 16.3. The minimum absolute atomic E-state index is 0.0249. The lowest BCUT2D eigenvalue weighted by Gasteiger charge is -2.14. The number of benzene rings is 2. The van der Waals surface area contributed by atoms with Gasteiger partial charge in [0.15, 0.2) is 0 Å². The van der Waals surface area contributed by atoms with Crippen molar-refractivity contribution in [3.8, 4) is 0 Å². The van der Waals surface area contributed by atoms with Gasteiger partial charge in [0.05, 0.1) is 17.4 Å². The monoisotopic (exact) mass is 425 g/mol. The second-order valence-corrected chi connectivity index (χ2v) is 8.13. The first-order valence-corrected chi connectivity index (χ1v) is 10.6. The summed E-state index contributed by atoms with van der Waals surface area (Å²) in [6.45, 7) is 5.08. The lowest BCUT2D eigenvalue weighted by Crippen LogP contribution is -2.40. The fourth-order valence-electron chi connectivity index (χ4n) is 3.50. The van der Waals surface area contributed by atoms with Crippen molar-refractivity contribution in [2.45, 2.75) is 46.2 Å². The average Bonchev–Trinajstić information content (AvgIpc) is 2.74. The minimum Gasteiger partial charge on any atom is -0.356 e. The van der Waals surface area contributed by atoms with E-state index in [0.29, 0.717) is 48.2 Å². The standard InChI is InChI=1S/C24H28FN3O3/c1-17(2)15-26-22(29)12-5-6-13-27-23(30)20-10-3-4-11-21(20)28(24(27)31)16-18-8-7-9-19(25)14-18/h3-4,7-11,14,17H,5-6,12-13,15-16H2,1-2H3,(H,26,29). The van der Waals surface area contributed by atoms with Crippen molar-refractivity contribution >= 4 is 16.8 Å². The number of amides is 1. The topological polar surface area (TPSA) is 73.1 Å². The number of aromatic nitrogens is 2. The normalized spacial score (nSPS) is 11.2. The zero-order valence-electron chi connectivity index (χ0n) is 17.9. The predicted molar refractivity (Wildman–Crippen MR) is 120 cm³/mol. The maximum Gasteiger partial charge on any atom is 0.331 e. The number of carbonyl (C=O) groups excluding carboxylic acids is 1. The van der Waals surface area contributed by atoms with Crippen LogP contribution in [-0.2, 0) is 17.9 Å². The molecule has 31 heavy (non-hydrogen) atoms. The fourth-order valence-corrected chi connectivity index (χ4v) is 3.50. The number of para-hydroxylation sites is 1. The molecule has 164 valence electrons. The van der Waals surface area contributed by atoms with Crippen molar-refractivity contribution in [1.29, 1.82) is 0 Å². The summed E-state index contributed by atoms with van der Waals surface area (Å²) in [6.07, 6.45) is 1.46. The number of rotatable bonds is 9. The van der Waals surface area contributed by atoms with E-state index < -0.39 is 5.69 Å². The van der Waals surface area contributed by atoms with E-state index in [9.17, 15) is 18.8 Å². The van der Waals surface area contributed by atoms with Gasteiger partial charge in [0.2, 0.25) is 5.91 Å². The molecule has 0 aliphatic carbocycles. The van der Waals surface area contributed by atoms with Gasteiger partial charge in [-0.05, 0) is 48.6 Å². The second-order valence-electron chi connectivity index (χ2n) is 8.13. The predicted octanol–water partition coefficient (Wildman–Crippen LogP) is 3.29. The van der Waals surface area contributed by atoms with Gasteiger partial charge in [0.25, 0.3) is 5.56 Å². The lowest BCUT2D eigenvalue weighted by atomic mass is 10.2. The molecule has 0 radical (unpaired) electrons. The molecule has 0 fully saturated rings. The van der Waals surface area contributed by atoms with Gasteiger partial charge in [-0.3, -0.25) is 18.7 Å². The number of hydrogen-bond donors (Lipinski definition) is 1. The van der Waals surface area contributed by atoms with Gasteiger partial charge in [-0.2, -0.15) is 0 Å². The van der Waals surface area contributed by atoms with Crippen LogP contribution in [0.4, 0.5) is 4.39 Å². The molecule has 0 aliphatic heterocycles. The van der Waals surface area contributed by atoms with Crippen molar-refractivity contribution < 1.29 is 9.18 Å². The van der Waals surface area contributed by atoms with Crippen LogP contribution in [0, 0.1) is 11.7 Å². The quantitative estimate of drug-likeness (QED) is 0.535. The Morgan fingerprint density at radius 2 is 1.81 bits per heavy atom. The molecule has 3 aromatic rings. The SMILES string of the molecule is CC(C)CNC(=O)CCCCn1c(=O)c2ccccc2n(Cc2cccc(F)c2)c1=O. The molecule has 1 N–H and O–H groups in total. The molecule has 0 spiro atoms. The zero-order valence-corrected chi connectivity index (χ0v) is 17.9. The Morgan fingerprint density at radius 3 is 2.55 bits per heavy atom. The van der Waals surface area contributed by atoms with Crippen LogP contribution < -0.4 is 16.6 Å². The van der Waals surface area contributed by atoms with Gasteiger partial charge < -0.3 is 5.32 Å². The second kappa shape index (κ2) is 10.2. The van der Waals surface area contributed by atoms with Gasteiger partial charge in [-0.1, -0.05) is 38.1 Å². The first kappa shape index (κ1) is 22.5. The molecule has 3 rings (SSSR count). The number of nitrogens with zero attached hydrogens (tertiary/aromatic N) is 2. The van der Waals surface area contributed by atoms with E-state index in [4.69, 9.17) is 0 Å². The molecule has 6 nitrogen and oxygen atoms in total. The third-order valence-corrected chi connectivity index (χ3v) is 5.10. The summed E-state index contributed by atoms with van der Waals surface area (Å²) in [7, 11) is 0. The molecule has 1 aromatic heterocycles. The van der Waals surface area contributed by atoms with Gasteiger partial charge in [0.1, 0.15) is 5.82 Å². The highest BCUT2D eigenvalue weighted by molar-refractivity contribution is 5.78. The van der Waals surface area contributed by atoms with E-state index in [1.165, 1.54) is 21.3 Å². The third-order valence-electron chi connectivity index (χ3n) is 5.10. The van der Waals surface area contributed by atoms with Crippen LogP contribution in [0.15, 0.2) is 58.1 Å². The van der Waals surface area contributed by atoms with Crippen molar-refractivity contribution in [1.82, 2.24) is 14.5 Å². The highest BCUT2D eigenvalue weighted by atomic mass is 19.1. The van der Waals surface area contributed by atoms with Crippen LogP contribution in [-0.4, -0.2) is 21.6 Å². The average molecular weight is 426 g/mol. The van der Waals surface area contributed by atoms with E-state index in [2.05, 4.69) is 5.32 Å². The molecular weight excluding hydrogens is 397 g/mol. The van der Waals surface area contributed by atoms with Crippen LogP contribution in [0.2, 0.25) is 0 Å². The molecule has 0 unspecified atom stereocenters. The van der Waals surface area contributed by atoms with E-state index in [-0.39, 0.29) is 30.4 Å². The number of halogens is 1. The maximum atomic E-state index is 13.6. The Balaban J connectivity index is 1.82. The van der Waals surface area contributed by atoms with E-state index in [1.807, 2.05) is 13.8 Å². The Kier molecular flexibility index (Phi) is 7.39. The van der Waals surface area contributed by atoms with Crippen LogP contribution in [0.25, 0.3) is 10.9 Å². The smallest absolute Gasteiger partial charge is 0.331 e. The van der Waals surface area contributed by atoms with Crippen molar-refractivity contribution in [3.05, 3.63) is 80.7 Å². The van der Waals surface area contributed by atoms with Gasteiger partial charge in [-0.25, -0.2) is 9.18 Å². The molecule has 0 saturated heterocycles. The summed E-state index contributed by atoms with van der Waals surface area (Å²) in [5.41, 5.74) is 0.378. The van der Waals surface area contributed by atoms with E-state index >= 15 is 0 Å². The number of fused-ring (bicyclic) bond motifs is 1. The number of unbranched alkanes of at least 4 members (excludes halogenated alkanes) is 1. The number of hydrogen-bond acceptors (Lipinski definition) is 3. The molecule has 0 atom stereocenters. The fraction of sp³-hybridized carbons (Fsp3) is 0.375. The lowest BCUT2D eigenvalue weighted by molar-refractivity contribution is -0.121. The van der Waals surface area contributed by atoms with Gasteiger partial charge >= 0.3 is 5.69 Å². The summed E-state index contributed by atoms with van der Waals surface area (Å²) in [4.78, 5) is 38.0. The largest absolute Gasteiger partial charge is 0.356 e. The Morgan fingerprint density at radius 1 is 1.03 bits per heavy atom.